The number of benzene rings is 3. The lowest BCUT2D eigenvalue weighted by Gasteiger charge is -2.30. The van der Waals surface area contributed by atoms with Crippen molar-refractivity contribution in [3.05, 3.63) is 95.0 Å². The summed E-state index contributed by atoms with van der Waals surface area (Å²) in [5.41, 5.74) is 4.48. The quantitative estimate of drug-likeness (QED) is 0.357. The van der Waals surface area contributed by atoms with Crippen LogP contribution in [0.4, 0.5) is 0 Å². The lowest BCUT2D eigenvalue weighted by Crippen LogP contribution is -2.42. The third kappa shape index (κ3) is 6.69. The van der Waals surface area contributed by atoms with Gasteiger partial charge in [0.15, 0.2) is 0 Å². The van der Waals surface area contributed by atoms with Crippen LogP contribution >= 0.6 is 11.6 Å². The van der Waals surface area contributed by atoms with Crippen molar-refractivity contribution in [3.63, 3.8) is 0 Å². The smallest absolute Gasteiger partial charge is 0.243 e. The van der Waals surface area contributed by atoms with E-state index in [0.717, 1.165) is 16.9 Å². The highest BCUT2D eigenvalue weighted by Gasteiger charge is 2.32. The Labute approximate surface area is 210 Å². The molecule has 1 fully saturated rings. The summed E-state index contributed by atoms with van der Waals surface area (Å²) in [6.45, 7) is 1.04. The zero-order valence-electron chi connectivity index (χ0n) is 19.0. The first-order valence-corrected chi connectivity index (χ1v) is 13.1. The molecule has 1 aliphatic rings. The van der Waals surface area contributed by atoms with Crippen LogP contribution in [0.25, 0.3) is 0 Å². The van der Waals surface area contributed by atoms with E-state index in [-0.39, 0.29) is 29.8 Å². The lowest BCUT2D eigenvalue weighted by molar-refractivity contribution is -0.126. The molecule has 0 saturated carbocycles. The molecule has 1 saturated heterocycles. The first kappa shape index (κ1) is 24.9. The molecule has 1 aliphatic heterocycles. The molecule has 1 N–H and O–H groups in total. The summed E-state index contributed by atoms with van der Waals surface area (Å²) >= 11 is 5.85. The van der Waals surface area contributed by atoms with Gasteiger partial charge in [0.05, 0.1) is 11.1 Å². The fraction of sp³-hybridized carbons (Fsp3) is 0.231. The molecule has 3 aromatic carbocycles. The average molecular weight is 512 g/mol. The number of hydrogen-bond donors (Lipinski definition) is 1. The highest BCUT2D eigenvalue weighted by molar-refractivity contribution is 7.89. The van der Waals surface area contributed by atoms with E-state index < -0.39 is 10.0 Å². The van der Waals surface area contributed by atoms with Gasteiger partial charge < -0.3 is 4.74 Å². The SMILES string of the molecule is O=C(N/N=C\c1ccc(OCc2ccccc2)cc1)C1CCN(S(=O)(=O)c2ccc(Cl)cc2)CC1. The predicted molar refractivity (Wildman–Crippen MR) is 136 cm³/mol. The molecule has 9 heteroatoms. The summed E-state index contributed by atoms with van der Waals surface area (Å²) in [5, 5.41) is 4.53. The van der Waals surface area contributed by atoms with E-state index in [4.69, 9.17) is 16.3 Å². The summed E-state index contributed by atoms with van der Waals surface area (Å²) in [5.74, 6) is 0.237. The van der Waals surface area contributed by atoms with E-state index >= 15 is 0 Å². The second-order valence-electron chi connectivity index (χ2n) is 8.21. The van der Waals surface area contributed by atoms with Gasteiger partial charge in [0.25, 0.3) is 0 Å². The molecule has 1 heterocycles. The van der Waals surface area contributed by atoms with Crippen molar-refractivity contribution >= 4 is 33.7 Å². The Hall–Kier alpha value is -3.20. The zero-order chi connectivity index (χ0) is 24.7. The molecule has 0 aromatic heterocycles. The van der Waals surface area contributed by atoms with Crippen LogP contribution in [0, 0.1) is 5.92 Å². The summed E-state index contributed by atoms with van der Waals surface area (Å²) in [6, 6.07) is 23.4. The number of hydrogen-bond acceptors (Lipinski definition) is 5. The summed E-state index contributed by atoms with van der Waals surface area (Å²) in [7, 11) is -3.60. The summed E-state index contributed by atoms with van der Waals surface area (Å²) in [6.07, 6.45) is 2.43. The number of nitrogens with zero attached hydrogens (tertiary/aromatic N) is 2. The number of hydrazone groups is 1. The first-order chi connectivity index (χ1) is 16.9. The van der Waals surface area contributed by atoms with Crippen molar-refractivity contribution in [2.24, 2.45) is 11.0 Å². The molecule has 0 bridgehead atoms. The van der Waals surface area contributed by atoms with Crippen LogP contribution in [0.1, 0.15) is 24.0 Å². The maximum atomic E-state index is 12.8. The topological polar surface area (TPSA) is 88.1 Å². The summed E-state index contributed by atoms with van der Waals surface area (Å²) in [4.78, 5) is 12.7. The first-order valence-electron chi connectivity index (χ1n) is 11.3. The Balaban J connectivity index is 1.23. The van der Waals surface area contributed by atoms with Crippen LogP contribution < -0.4 is 10.2 Å². The van der Waals surface area contributed by atoms with Crippen LogP contribution in [-0.2, 0) is 21.4 Å². The highest BCUT2D eigenvalue weighted by atomic mass is 35.5. The van der Waals surface area contributed by atoms with Crippen LogP contribution in [0.5, 0.6) is 5.75 Å². The molecule has 0 atom stereocenters. The fourth-order valence-electron chi connectivity index (χ4n) is 3.77. The number of sulfonamides is 1. The number of ether oxygens (including phenoxy) is 1. The minimum atomic E-state index is -3.60. The molecule has 182 valence electrons. The van der Waals surface area contributed by atoms with Gasteiger partial charge in [-0.2, -0.15) is 9.41 Å². The Kier molecular flexibility index (Phi) is 8.17. The number of carbonyl (C=O) groups excluding carboxylic acids is 1. The molecule has 3 aromatic rings. The zero-order valence-corrected chi connectivity index (χ0v) is 20.6. The van der Waals surface area contributed by atoms with Gasteiger partial charge in [-0.25, -0.2) is 13.8 Å². The van der Waals surface area contributed by atoms with Crippen molar-refractivity contribution in [1.82, 2.24) is 9.73 Å². The normalized spacial score (nSPS) is 15.2. The van der Waals surface area contributed by atoms with E-state index in [1.165, 1.54) is 16.4 Å². The number of rotatable bonds is 8. The summed E-state index contributed by atoms with van der Waals surface area (Å²) < 4.78 is 32.8. The molecule has 35 heavy (non-hydrogen) atoms. The number of halogens is 1. The average Bonchev–Trinajstić information content (AvgIpc) is 2.89. The van der Waals surface area contributed by atoms with E-state index in [0.29, 0.717) is 24.5 Å². The van der Waals surface area contributed by atoms with Crippen LogP contribution in [0.15, 0.2) is 88.9 Å². The molecular formula is C26H26ClN3O4S. The van der Waals surface area contributed by atoms with Crippen molar-refractivity contribution in [2.75, 3.05) is 13.1 Å². The molecule has 0 spiro atoms. The Morgan fingerprint density at radius 3 is 2.31 bits per heavy atom. The predicted octanol–water partition coefficient (Wildman–Crippen LogP) is 4.47. The van der Waals surface area contributed by atoms with Gasteiger partial charge >= 0.3 is 0 Å². The van der Waals surface area contributed by atoms with E-state index in [1.807, 2.05) is 54.6 Å². The molecule has 1 amide bonds. The number of amides is 1. The highest BCUT2D eigenvalue weighted by Crippen LogP contribution is 2.25. The molecule has 7 nitrogen and oxygen atoms in total. The van der Waals surface area contributed by atoms with Crippen LogP contribution in [0.3, 0.4) is 0 Å². The lowest BCUT2D eigenvalue weighted by atomic mass is 9.98. The largest absolute Gasteiger partial charge is 0.489 e. The monoisotopic (exact) mass is 511 g/mol. The Bertz CT molecular complexity index is 1260. The maximum absolute atomic E-state index is 12.8. The fourth-order valence-corrected chi connectivity index (χ4v) is 5.36. The second-order valence-corrected chi connectivity index (χ2v) is 10.6. The van der Waals surface area contributed by atoms with Gasteiger partial charge in [0.1, 0.15) is 12.4 Å². The molecule has 0 unspecified atom stereocenters. The minimum Gasteiger partial charge on any atom is -0.489 e. The maximum Gasteiger partial charge on any atom is 0.243 e. The minimum absolute atomic E-state index is 0.200. The number of carbonyl (C=O) groups is 1. The molecule has 4 rings (SSSR count). The van der Waals surface area contributed by atoms with E-state index in [1.54, 1.807) is 18.3 Å². The molecular weight excluding hydrogens is 486 g/mol. The van der Waals surface area contributed by atoms with Crippen molar-refractivity contribution in [1.29, 1.82) is 0 Å². The van der Waals surface area contributed by atoms with Crippen molar-refractivity contribution < 1.29 is 17.9 Å². The third-order valence-electron chi connectivity index (χ3n) is 5.79. The van der Waals surface area contributed by atoms with E-state index in [2.05, 4.69) is 10.5 Å². The molecule has 0 aliphatic carbocycles. The van der Waals surface area contributed by atoms with Gasteiger partial charge in [-0.3, -0.25) is 4.79 Å². The van der Waals surface area contributed by atoms with Gasteiger partial charge in [-0.05, 0) is 72.5 Å². The Morgan fingerprint density at radius 1 is 1.00 bits per heavy atom. The Morgan fingerprint density at radius 2 is 1.66 bits per heavy atom. The van der Waals surface area contributed by atoms with E-state index in [9.17, 15) is 13.2 Å². The molecule has 0 radical (unpaired) electrons. The van der Waals surface area contributed by atoms with Gasteiger partial charge in [-0.1, -0.05) is 41.9 Å². The van der Waals surface area contributed by atoms with Crippen LogP contribution in [-0.4, -0.2) is 37.9 Å². The van der Waals surface area contributed by atoms with Gasteiger partial charge in [0.2, 0.25) is 15.9 Å². The second kappa shape index (κ2) is 11.5. The van der Waals surface area contributed by atoms with Crippen molar-refractivity contribution in [3.8, 4) is 5.75 Å². The standard InChI is InChI=1S/C26H26ClN3O4S/c27-23-8-12-25(13-9-23)35(32,33)30-16-14-22(15-17-30)26(31)29-28-18-20-6-10-24(11-7-20)34-19-21-4-2-1-3-5-21/h1-13,18,22H,14-17,19H2,(H,29,31)/b28-18-. The van der Waals surface area contributed by atoms with Gasteiger partial charge in [-0.15, -0.1) is 0 Å². The third-order valence-corrected chi connectivity index (χ3v) is 7.96. The number of piperidine rings is 1. The van der Waals surface area contributed by atoms with Gasteiger partial charge in [0, 0.05) is 24.0 Å². The number of nitrogens with one attached hydrogen (secondary N) is 1. The van der Waals surface area contributed by atoms with Crippen molar-refractivity contribution in [2.45, 2.75) is 24.3 Å². The van der Waals surface area contributed by atoms with Crippen LogP contribution in [0.2, 0.25) is 5.02 Å².